The van der Waals surface area contributed by atoms with Crippen molar-refractivity contribution in [1.82, 2.24) is 10.2 Å². The maximum Gasteiger partial charge on any atom is 0.129 e. The van der Waals surface area contributed by atoms with Gasteiger partial charge in [0.05, 0.1) is 6.04 Å². The normalized spacial score (nSPS) is 18.9. The van der Waals surface area contributed by atoms with E-state index in [1.165, 1.54) is 6.07 Å². The lowest BCUT2D eigenvalue weighted by Crippen LogP contribution is -2.44. The second-order valence-electron chi connectivity index (χ2n) is 4.13. The van der Waals surface area contributed by atoms with Crippen LogP contribution in [0.25, 0.3) is 0 Å². The lowest BCUT2D eigenvalue weighted by molar-refractivity contribution is 0.200. The Hall–Kier alpha value is -0.900. The molecule has 1 saturated heterocycles. The van der Waals surface area contributed by atoms with Gasteiger partial charge in [-0.2, -0.15) is 0 Å². The zero-order chi connectivity index (χ0) is 12.3. The van der Waals surface area contributed by atoms with Gasteiger partial charge in [-0.25, -0.2) is 4.39 Å². The minimum atomic E-state index is -0.263. The van der Waals surface area contributed by atoms with Crippen molar-refractivity contribution in [3.05, 3.63) is 47.3 Å². The molecule has 0 spiro atoms. The molecular formula is C13H16ClFN2. The second kappa shape index (κ2) is 5.63. The monoisotopic (exact) mass is 254 g/mol. The van der Waals surface area contributed by atoms with Crippen LogP contribution in [0.5, 0.6) is 0 Å². The minimum absolute atomic E-state index is 0.0747. The van der Waals surface area contributed by atoms with Crippen molar-refractivity contribution < 1.29 is 4.39 Å². The van der Waals surface area contributed by atoms with E-state index >= 15 is 0 Å². The van der Waals surface area contributed by atoms with Crippen LogP contribution in [-0.4, -0.2) is 31.1 Å². The van der Waals surface area contributed by atoms with Crippen molar-refractivity contribution in [3.8, 4) is 0 Å². The van der Waals surface area contributed by atoms with E-state index in [9.17, 15) is 4.39 Å². The zero-order valence-corrected chi connectivity index (χ0v) is 10.4. The van der Waals surface area contributed by atoms with E-state index in [4.69, 9.17) is 11.6 Å². The average molecular weight is 255 g/mol. The van der Waals surface area contributed by atoms with Crippen molar-refractivity contribution in [2.45, 2.75) is 6.04 Å². The topological polar surface area (TPSA) is 15.3 Å². The number of hydrogen-bond acceptors (Lipinski definition) is 2. The quantitative estimate of drug-likeness (QED) is 0.835. The molecule has 1 atom stereocenters. The molecule has 1 fully saturated rings. The van der Waals surface area contributed by atoms with Gasteiger partial charge in [0.1, 0.15) is 5.82 Å². The number of benzene rings is 1. The van der Waals surface area contributed by atoms with Crippen LogP contribution in [0.15, 0.2) is 30.9 Å². The molecule has 0 unspecified atom stereocenters. The summed E-state index contributed by atoms with van der Waals surface area (Å²) < 4.78 is 13.9. The molecule has 2 nitrogen and oxygen atoms in total. The number of halogens is 2. The van der Waals surface area contributed by atoms with Gasteiger partial charge < -0.3 is 5.32 Å². The summed E-state index contributed by atoms with van der Waals surface area (Å²) in [5, 5.41) is 3.70. The van der Waals surface area contributed by atoms with E-state index in [0.29, 0.717) is 10.6 Å². The second-order valence-corrected chi connectivity index (χ2v) is 4.57. The summed E-state index contributed by atoms with van der Waals surface area (Å²) in [6.07, 6.45) is 1.79. The van der Waals surface area contributed by atoms with Crippen molar-refractivity contribution in [2.75, 3.05) is 26.2 Å². The lowest BCUT2D eigenvalue weighted by Gasteiger charge is -2.33. The summed E-state index contributed by atoms with van der Waals surface area (Å²) in [6, 6.07) is 4.75. The highest BCUT2D eigenvalue weighted by molar-refractivity contribution is 6.30. The van der Waals surface area contributed by atoms with Gasteiger partial charge >= 0.3 is 0 Å². The number of nitrogens with one attached hydrogen (secondary N) is 1. The smallest absolute Gasteiger partial charge is 0.129 e. The van der Waals surface area contributed by atoms with E-state index in [2.05, 4.69) is 16.8 Å². The average Bonchev–Trinajstić information content (AvgIpc) is 2.34. The van der Waals surface area contributed by atoms with Gasteiger partial charge in [0.15, 0.2) is 0 Å². The predicted molar refractivity (Wildman–Crippen MR) is 68.8 cm³/mol. The highest BCUT2D eigenvalue weighted by Gasteiger charge is 2.21. The molecule has 0 bridgehead atoms. The van der Waals surface area contributed by atoms with Gasteiger partial charge in [-0.3, -0.25) is 4.90 Å². The molecule has 0 amide bonds. The largest absolute Gasteiger partial charge is 0.314 e. The van der Waals surface area contributed by atoms with E-state index in [-0.39, 0.29) is 11.9 Å². The first-order chi connectivity index (χ1) is 8.22. The van der Waals surface area contributed by atoms with Crippen molar-refractivity contribution in [1.29, 1.82) is 0 Å². The molecule has 17 heavy (non-hydrogen) atoms. The summed E-state index contributed by atoms with van der Waals surface area (Å²) in [5.74, 6) is -0.263. The summed E-state index contributed by atoms with van der Waals surface area (Å²) in [6.45, 7) is 7.48. The standard InChI is InChI=1S/C13H16ClFN2/c1-2-13(17-7-5-16-6-8-17)11-4-3-10(14)9-12(11)15/h2-4,9,13,16H,1,5-8H2/t13-/m1/s1. The van der Waals surface area contributed by atoms with Crippen molar-refractivity contribution in [3.63, 3.8) is 0 Å². The van der Waals surface area contributed by atoms with Crippen molar-refractivity contribution in [2.24, 2.45) is 0 Å². The van der Waals surface area contributed by atoms with Crippen LogP contribution < -0.4 is 5.32 Å². The van der Waals surface area contributed by atoms with Crippen LogP contribution in [-0.2, 0) is 0 Å². The Morgan fingerprint density at radius 1 is 1.41 bits per heavy atom. The maximum absolute atomic E-state index is 13.9. The highest BCUT2D eigenvalue weighted by Crippen LogP contribution is 2.26. The van der Waals surface area contributed by atoms with Gasteiger partial charge in [-0.1, -0.05) is 23.7 Å². The number of nitrogens with zero attached hydrogens (tertiary/aromatic N) is 1. The fraction of sp³-hybridized carbons (Fsp3) is 0.385. The van der Waals surface area contributed by atoms with Crippen LogP contribution in [0, 0.1) is 5.82 Å². The molecule has 92 valence electrons. The van der Waals surface area contributed by atoms with E-state index < -0.39 is 0 Å². The van der Waals surface area contributed by atoms with Crippen LogP contribution in [0.3, 0.4) is 0 Å². The fourth-order valence-electron chi connectivity index (χ4n) is 2.17. The number of rotatable bonds is 3. The van der Waals surface area contributed by atoms with Crippen molar-refractivity contribution >= 4 is 11.6 Å². The molecule has 1 heterocycles. The molecule has 0 radical (unpaired) electrons. The number of piperazine rings is 1. The van der Waals surface area contributed by atoms with Gasteiger partial charge in [-0.15, -0.1) is 6.58 Å². The third kappa shape index (κ3) is 2.86. The Kier molecular flexibility index (Phi) is 4.15. The highest BCUT2D eigenvalue weighted by atomic mass is 35.5. The first-order valence-electron chi connectivity index (χ1n) is 5.74. The van der Waals surface area contributed by atoms with Gasteiger partial charge in [-0.05, 0) is 12.1 Å². The molecular weight excluding hydrogens is 239 g/mol. The molecule has 1 aliphatic rings. The van der Waals surface area contributed by atoms with Crippen LogP contribution in [0.4, 0.5) is 4.39 Å². The van der Waals surface area contributed by atoms with Gasteiger partial charge in [0.25, 0.3) is 0 Å². The Morgan fingerprint density at radius 2 is 2.12 bits per heavy atom. The Balaban J connectivity index is 2.24. The van der Waals surface area contributed by atoms with E-state index in [1.54, 1.807) is 18.2 Å². The first-order valence-corrected chi connectivity index (χ1v) is 6.12. The maximum atomic E-state index is 13.9. The van der Waals surface area contributed by atoms with E-state index in [1.807, 2.05) is 0 Å². The third-order valence-electron chi connectivity index (χ3n) is 3.05. The van der Waals surface area contributed by atoms with Crippen LogP contribution >= 0.6 is 11.6 Å². The fourth-order valence-corrected chi connectivity index (χ4v) is 2.33. The summed E-state index contributed by atoms with van der Waals surface area (Å²) in [4.78, 5) is 2.22. The molecule has 4 heteroatoms. The Morgan fingerprint density at radius 3 is 2.71 bits per heavy atom. The lowest BCUT2D eigenvalue weighted by atomic mass is 10.0. The van der Waals surface area contributed by atoms with Gasteiger partial charge in [0.2, 0.25) is 0 Å². The molecule has 0 saturated carbocycles. The first kappa shape index (κ1) is 12.6. The molecule has 1 N–H and O–H groups in total. The predicted octanol–water partition coefficient (Wildman–Crippen LogP) is 2.61. The molecule has 2 rings (SSSR count). The summed E-state index contributed by atoms with van der Waals surface area (Å²) in [7, 11) is 0. The molecule has 1 aromatic rings. The summed E-state index contributed by atoms with van der Waals surface area (Å²) >= 11 is 5.76. The minimum Gasteiger partial charge on any atom is -0.314 e. The SMILES string of the molecule is C=C[C@H](c1ccc(Cl)cc1F)N1CCNCC1. The third-order valence-corrected chi connectivity index (χ3v) is 3.28. The zero-order valence-electron chi connectivity index (χ0n) is 9.63. The van der Waals surface area contributed by atoms with Crippen LogP contribution in [0.2, 0.25) is 5.02 Å². The Bertz CT molecular complexity index is 402. The van der Waals surface area contributed by atoms with E-state index in [0.717, 1.165) is 26.2 Å². The molecule has 0 aliphatic carbocycles. The summed E-state index contributed by atoms with van der Waals surface area (Å²) in [5.41, 5.74) is 0.645. The van der Waals surface area contributed by atoms with Gasteiger partial charge in [0, 0.05) is 36.8 Å². The molecule has 1 aliphatic heterocycles. The Labute approximate surface area is 106 Å². The molecule has 0 aromatic heterocycles. The number of hydrogen-bond donors (Lipinski definition) is 1. The molecule has 1 aromatic carbocycles. The van der Waals surface area contributed by atoms with Crippen LogP contribution in [0.1, 0.15) is 11.6 Å².